The molecule has 1 heterocycles. The third-order valence-corrected chi connectivity index (χ3v) is 3.23. The Balaban J connectivity index is 2.11. The Morgan fingerprint density at radius 2 is 2.24 bits per heavy atom. The van der Waals surface area contributed by atoms with Crippen molar-refractivity contribution in [2.45, 2.75) is 6.54 Å². The van der Waals surface area contributed by atoms with Crippen LogP contribution in [0.2, 0.25) is 5.02 Å². The molecule has 2 rings (SSSR count). The number of pyridine rings is 1. The van der Waals surface area contributed by atoms with Gasteiger partial charge in [-0.15, -0.1) is 0 Å². The first kappa shape index (κ1) is 15.1. The molecular weight excluding hydrogens is 292 g/mol. The van der Waals surface area contributed by atoms with E-state index >= 15 is 0 Å². The van der Waals surface area contributed by atoms with Gasteiger partial charge in [-0.25, -0.2) is 0 Å². The van der Waals surface area contributed by atoms with Crippen molar-refractivity contribution in [2.24, 2.45) is 5.84 Å². The first-order valence-electron chi connectivity index (χ1n) is 6.18. The monoisotopic (exact) mass is 306 g/mol. The number of nitrogens with one attached hydrogen (secondary N) is 2. The molecule has 0 bridgehead atoms. The lowest BCUT2D eigenvalue weighted by Gasteiger charge is -2.11. The van der Waals surface area contributed by atoms with Gasteiger partial charge in [0.05, 0.1) is 12.8 Å². The maximum Gasteiger partial charge on any atom is 0.270 e. The molecule has 1 aromatic heterocycles. The molecular formula is C14H15ClN4O2. The van der Waals surface area contributed by atoms with Crippen LogP contribution in [0, 0.1) is 0 Å². The number of hydrogen-bond donors (Lipinski definition) is 3. The largest absolute Gasteiger partial charge is 0.496 e. The number of nitrogen functional groups attached to an aromatic ring is 1. The quantitative estimate of drug-likeness (QED) is 0.580. The fourth-order valence-electron chi connectivity index (χ4n) is 1.81. The maximum atomic E-state index is 12.1. The van der Waals surface area contributed by atoms with Gasteiger partial charge >= 0.3 is 0 Å². The second-order valence-electron chi connectivity index (χ2n) is 4.18. The topological polar surface area (TPSA) is 89.3 Å². The molecule has 0 atom stereocenters. The van der Waals surface area contributed by atoms with Crippen molar-refractivity contribution < 1.29 is 9.53 Å². The Bertz CT molecular complexity index is 649. The number of halogens is 1. The summed E-state index contributed by atoms with van der Waals surface area (Å²) in [4.78, 5) is 16.1. The van der Waals surface area contributed by atoms with E-state index in [1.807, 2.05) is 0 Å². The van der Waals surface area contributed by atoms with Crippen LogP contribution in [0.3, 0.4) is 0 Å². The SMILES string of the molecule is COc1cccc(Cl)c1CNC(=O)c1cc(NN)ccn1. The molecule has 4 N–H and O–H groups in total. The van der Waals surface area contributed by atoms with Gasteiger partial charge in [-0.1, -0.05) is 17.7 Å². The Hall–Kier alpha value is -2.31. The van der Waals surface area contributed by atoms with E-state index in [2.05, 4.69) is 15.7 Å². The molecule has 0 spiro atoms. The number of carbonyl (C=O) groups is 1. The molecule has 2 aromatic rings. The fraction of sp³-hybridized carbons (Fsp3) is 0.143. The Morgan fingerprint density at radius 3 is 2.95 bits per heavy atom. The predicted molar refractivity (Wildman–Crippen MR) is 81.2 cm³/mol. The number of hydrazine groups is 1. The molecule has 1 amide bonds. The van der Waals surface area contributed by atoms with Gasteiger partial charge in [-0.3, -0.25) is 15.6 Å². The van der Waals surface area contributed by atoms with E-state index < -0.39 is 0 Å². The van der Waals surface area contributed by atoms with Crippen LogP contribution in [0.15, 0.2) is 36.5 Å². The van der Waals surface area contributed by atoms with Gasteiger partial charge in [0.2, 0.25) is 0 Å². The van der Waals surface area contributed by atoms with Gasteiger partial charge < -0.3 is 15.5 Å². The molecule has 6 nitrogen and oxygen atoms in total. The van der Waals surface area contributed by atoms with Crippen LogP contribution in [0.5, 0.6) is 5.75 Å². The zero-order chi connectivity index (χ0) is 15.2. The number of benzene rings is 1. The highest BCUT2D eigenvalue weighted by Gasteiger charge is 2.11. The van der Waals surface area contributed by atoms with E-state index in [0.29, 0.717) is 22.0 Å². The van der Waals surface area contributed by atoms with Crippen molar-refractivity contribution in [3.8, 4) is 5.75 Å². The standard InChI is InChI=1S/C14H15ClN4O2/c1-21-13-4-2-3-11(15)10(13)8-18-14(20)12-7-9(19-16)5-6-17-12/h2-7H,8,16H2,1H3,(H,17,19)(H,18,20). The van der Waals surface area contributed by atoms with Crippen molar-refractivity contribution in [1.82, 2.24) is 10.3 Å². The molecule has 0 aliphatic rings. The van der Waals surface area contributed by atoms with E-state index in [0.717, 1.165) is 0 Å². The minimum atomic E-state index is -0.325. The first-order chi connectivity index (χ1) is 10.2. The lowest BCUT2D eigenvalue weighted by molar-refractivity contribution is 0.0946. The van der Waals surface area contributed by atoms with Crippen LogP contribution in [0.4, 0.5) is 5.69 Å². The number of methoxy groups -OCH3 is 1. The van der Waals surface area contributed by atoms with Gasteiger partial charge in [-0.2, -0.15) is 0 Å². The molecule has 21 heavy (non-hydrogen) atoms. The lowest BCUT2D eigenvalue weighted by Crippen LogP contribution is -2.24. The summed E-state index contributed by atoms with van der Waals surface area (Å²) in [6.07, 6.45) is 1.50. The molecule has 0 unspecified atom stereocenters. The van der Waals surface area contributed by atoms with Crippen LogP contribution >= 0.6 is 11.6 Å². The predicted octanol–water partition coefficient (Wildman–Crippen LogP) is 1.96. The fourth-order valence-corrected chi connectivity index (χ4v) is 2.04. The van der Waals surface area contributed by atoms with Crippen LogP contribution in [-0.2, 0) is 6.54 Å². The molecule has 0 aliphatic heterocycles. The second-order valence-corrected chi connectivity index (χ2v) is 4.58. The first-order valence-corrected chi connectivity index (χ1v) is 6.55. The zero-order valence-electron chi connectivity index (χ0n) is 11.4. The number of nitrogens with two attached hydrogens (primary N) is 1. The summed E-state index contributed by atoms with van der Waals surface area (Å²) in [6, 6.07) is 8.52. The molecule has 0 saturated heterocycles. The summed E-state index contributed by atoms with van der Waals surface area (Å²) in [6.45, 7) is 0.240. The number of nitrogens with zero attached hydrogens (tertiary/aromatic N) is 1. The van der Waals surface area contributed by atoms with Crippen molar-refractivity contribution in [3.63, 3.8) is 0 Å². The van der Waals surface area contributed by atoms with Gasteiger partial charge in [0.25, 0.3) is 5.91 Å². The number of aromatic nitrogens is 1. The number of amides is 1. The lowest BCUT2D eigenvalue weighted by atomic mass is 10.2. The van der Waals surface area contributed by atoms with Crippen molar-refractivity contribution in [2.75, 3.05) is 12.5 Å². The Labute approximate surface area is 127 Å². The number of ether oxygens (including phenoxy) is 1. The maximum absolute atomic E-state index is 12.1. The number of rotatable bonds is 5. The highest BCUT2D eigenvalue weighted by atomic mass is 35.5. The second kappa shape index (κ2) is 6.92. The summed E-state index contributed by atoms with van der Waals surface area (Å²) < 4.78 is 5.22. The molecule has 0 aliphatic carbocycles. The highest BCUT2D eigenvalue weighted by molar-refractivity contribution is 6.31. The molecule has 0 radical (unpaired) electrons. The summed E-state index contributed by atoms with van der Waals surface area (Å²) >= 11 is 6.11. The molecule has 7 heteroatoms. The molecule has 1 aromatic carbocycles. The van der Waals surface area contributed by atoms with E-state index in [1.54, 1.807) is 37.4 Å². The van der Waals surface area contributed by atoms with Gasteiger partial charge in [-0.05, 0) is 24.3 Å². The normalized spacial score (nSPS) is 10.0. The zero-order valence-corrected chi connectivity index (χ0v) is 12.1. The van der Waals surface area contributed by atoms with Crippen molar-refractivity contribution >= 4 is 23.2 Å². The van der Waals surface area contributed by atoms with Crippen LogP contribution in [0.1, 0.15) is 16.1 Å². The van der Waals surface area contributed by atoms with Crippen LogP contribution in [0.25, 0.3) is 0 Å². The summed E-state index contributed by atoms with van der Waals surface area (Å²) in [5, 5.41) is 3.28. The molecule has 0 fully saturated rings. The average Bonchev–Trinajstić information content (AvgIpc) is 2.53. The summed E-state index contributed by atoms with van der Waals surface area (Å²) in [7, 11) is 1.55. The Kier molecular flexibility index (Phi) is 4.97. The molecule has 0 saturated carbocycles. The Morgan fingerprint density at radius 1 is 1.43 bits per heavy atom. The third-order valence-electron chi connectivity index (χ3n) is 2.88. The summed E-state index contributed by atoms with van der Waals surface area (Å²) in [5.41, 5.74) is 4.04. The van der Waals surface area contributed by atoms with E-state index in [-0.39, 0.29) is 18.1 Å². The number of anilines is 1. The highest BCUT2D eigenvalue weighted by Crippen LogP contribution is 2.25. The van der Waals surface area contributed by atoms with Gasteiger partial charge in [0.1, 0.15) is 11.4 Å². The number of carbonyl (C=O) groups excluding carboxylic acids is 1. The van der Waals surface area contributed by atoms with E-state index in [9.17, 15) is 4.79 Å². The van der Waals surface area contributed by atoms with E-state index in [1.165, 1.54) is 6.20 Å². The number of hydrogen-bond acceptors (Lipinski definition) is 5. The smallest absolute Gasteiger partial charge is 0.270 e. The van der Waals surface area contributed by atoms with Gasteiger partial charge in [0.15, 0.2) is 0 Å². The van der Waals surface area contributed by atoms with Crippen molar-refractivity contribution in [1.29, 1.82) is 0 Å². The third kappa shape index (κ3) is 3.62. The van der Waals surface area contributed by atoms with Crippen molar-refractivity contribution in [3.05, 3.63) is 52.8 Å². The van der Waals surface area contributed by atoms with Crippen LogP contribution < -0.4 is 21.3 Å². The van der Waals surface area contributed by atoms with Crippen LogP contribution in [-0.4, -0.2) is 18.0 Å². The van der Waals surface area contributed by atoms with E-state index in [4.69, 9.17) is 22.2 Å². The summed E-state index contributed by atoms with van der Waals surface area (Å²) in [5.74, 6) is 5.59. The van der Waals surface area contributed by atoms with Gasteiger partial charge in [0, 0.05) is 23.3 Å². The average molecular weight is 307 g/mol. The minimum absolute atomic E-state index is 0.240. The minimum Gasteiger partial charge on any atom is -0.496 e. The molecule has 110 valence electrons.